The Balaban J connectivity index is 2.46. The highest BCUT2D eigenvalue weighted by Gasteiger charge is 2.04. The Kier molecular flexibility index (Phi) is 5.49. The third kappa shape index (κ3) is 4.33. The van der Waals surface area contributed by atoms with Crippen LogP contribution in [0.25, 0.3) is 0 Å². The third-order valence-corrected chi connectivity index (χ3v) is 2.48. The molecule has 0 spiro atoms. The van der Waals surface area contributed by atoms with Crippen molar-refractivity contribution in [2.75, 3.05) is 13.7 Å². The van der Waals surface area contributed by atoms with Crippen LogP contribution in [0.1, 0.15) is 31.5 Å². The van der Waals surface area contributed by atoms with Crippen LogP contribution in [0.3, 0.4) is 0 Å². The molecule has 0 fully saturated rings. The van der Waals surface area contributed by atoms with E-state index in [-0.39, 0.29) is 0 Å². The van der Waals surface area contributed by atoms with Crippen LogP contribution in [0, 0.1) is 6.92 Å². The minimum absolute atomic E-state index is 0.510. The lowest BCUT2D eigenvalue weighted by atomic mass is 10.2. The van der Waals surface area contributed by atoms with Crippen LogP contribution in [-0.4, -0.2) is 29.5 Å². The Morgan fingerprint density at radius 1 is 1.50 bits per heavy atom. The van der Waals surface area contributed by atoms with Crippen molar-refractivity contribution >= 4 is 0 Å². The zero-order valence-corrected chi connectivity index (χ0v) is 10.8. The van der Waals surface area contributed by atoms with Gasteiger partial charge in [-0.05, 0) is 13.3 Å². The van der Waals surface area contributed by atoms with Crippen LogP contribution >= 0.6 is 0 Å². The molecular weight excluding hydrogens is 202 g/mol. The van der Waals surface area contributed by atoms with E-state index in [9.17, 15) is 0 Å². The molecule has 0 aliphatic carbocycles. The summed E-state index contributed by atoms with van der Waals surface area (Å²) in [5.74, 6) is 0. The van der Waals surface area contributed by atoms with Gasteiger partial charge in [-0.2, -0.15) is 5.10 Å². The molecule has 0 atom stereocenters. The molecule has 0 saturated heterocycles. The number of hydrogen-bond acceptors (Lipinski definition) is 3. The highest BCUT2D eigenvalue weighted by molar-refractivity contribution is 5.15. The molecule has 16 heavy (non-hydrogen) atoms. The van der Waals surface area contributed by atoms with Crippen LogP contribution in [0.2, 0.25) is 0 Å². The summed E-state index contributed by atoms with van der Waals surface area (Å²) < 4.78 is 7.03. The quantitative estimate of drug-likeness (QED) is 0.718. The molecule has 0 aliphatic heterocycles. The topological polar surface area (TPSA) is 39.1 Å². The highest BCUT2D eigenvalue weighted by atomic mass is 16.5. The van der Waals surface area contributed by atoms with E-state index in [0.717, 1.165) is 31.8 Å². The zero-order valence-electron chi connectivity index (χ0n) is 10.8. The van der Waals surface area contributed by atoms with E-state index in [0.29, 0.717) is 6.04 Å². The van der Waals surface area contributed by atoms with Crippen LogP contribution < -0.4 is 5.32 Å². The minimum Gasteiger partial charge on any atom is -0.385 e. The SMILES string of the molecule is COCCCn1cc(CNC(C)C)c(C)n1. The first-order valence-electron chi connectivity index (χ1n) is 5.88. The van der Waals surface area contributed by atoms with Crippen molar-refractivity contribution in [3.05, 3.63) is 17.5 Å². The Labute approximate surface area is 98.0 Å². The molecule has 0 unspecified atom stereocenters. The number of rotatable bonds is 7. The number of nitrogens with one attached hydrogen (secondary N) is 1. The molecule has 92 valence electrons. The maximum Gasteiger partial charge on any atom is 0.0638 e. The fourth-order valence-corrected chi connectivity index (χ4v) is 1.53. The van der Waals surface area contributed by atoms with E-state index < -0.39 is 0 Å². The largest absolute Gasteiger partial charge is 0.385 e. The van der Waals surface area contributed by atoms with Crippen molar-refractivity contribution in [1.29, 1.82) is 0 Å². The minimum atomic E-state index is 0.510. The van der Waals surface area contributed by atoms with Crippen LogP contribution in [0.5, 0.6) is 0 Å². The van der Waals surface area contributed by atoms with Gasteiger partial charge in [-0.3, -0.25) is 4.68 Å². The van der Waals surface area contributed by atoms with Crippen molar-refractivity contribution in [3.63, 3.8) is 0 Å². The van der Waals surface area contributed by atoms with Gasteiger partial charge in [-0.25, -0.2) is 0 Å². The number of nitrogens with zero attached hydrogens (tertiary/aromatic N) is 2. The average molecular weight is 225 g/mol. The second kappa shape index (κ2) is 6.66. The molecule has 0 saturated carbocycles. The van der Waals surface area contributed by atoms with Gasteiger partial charge in [0.05, 0.1) is 5.69 Å². The van der Waals surface area contributed by atoms with Crippen molar-refractivity contribution in [1.82, 2.24) is 15.1 Å². The Hall–Kier alpha value is -0.870. The first kappa shape index (κ1) is 13.2. The number of ether oxygens (including phenoxy) is 1. The molecular formula is C12H23N3O. The van der Waals surface area contributed by atoms with Crippen molar-refractivity contribution in [2.24, 2.45) is 0 Å². The standard InChI is InChI=1S/C12H23N3O/c1-10(2)13-8-12-9-15(14-11(12)3)6-5-7-16-4/h9-10,13H,5-8H2,1-4H3. The summed E-state index contributed by atoms with van der Waals surface area (Å²) in [5.41, 5.74) is 2.40. The van der Waals surface area contributed by atoms with E-state index in [1.807, 2.05) is 4.68 Å². The monoisotopic (exact) mass is 225 g/mol. The van der Waals surface area contributed by atoms with Gasteiger partial charge in [0, 0.05) is 44.6 Å². The summed E-state index contributed by atoms with van der Waals surface area (Å²) in [6.45, 7) is 8.98. The molecule has 1 heterocycles. The highest BCUT2D eigenvalue weighted by Crippen LogP contribution is 2.06. The molecule has 4 heteroatoms. The van der Waals surface area contributed by atoms with E-state index in [4.69, 9.17) is 4.74 Å². The predicted molar refractivity (Wildman–Crippen MR) is 65.4 cm³/mol. The fourth-order valence-electron chi connectivity index (χ4n) is 1.53. The summed E-state index contributed by atoms with van der Waals surface area (Å²) in [4.78, 5) is 0. The van der Waals surface area contributed by atoms with E-state index in [1.165, 1.54) is 5.56 Å². The van der Waals surface area contributed by atoms with Crippen LogP contribution in [0.15, 0.2) is 6.20 Å². The first-order chi connectivity index (χ1) is 7.63. The van der Waals surface area contributed by atoms with Gasteiger partial charge in [-0.1, -0.05) is 13.8 Å². The molecule has 1 N–H and O–H groups in total. The molecule has 1 aromatic heterocycles. The maximum absolute atomic E-state index is 5.03. The second-order valence-electron chi connectivity index (χ2n) is 4.38. The maximum atomic E-state index is 5.03. The van der Waals surface area contributed by atoms with Gasteiger partial charge in [0.25, 0.3) is 0 Å². The van der Waals surface area contributed by atoms with Gasteiger partial charge in [0.2, 0.25) is 0 Å². The Morgan fingerprint density at radius 2 is 2.25 bits per heavy atom. The molecule has 0 bridgehead atoms. The summed E-state index contributed by atoms with van der Waals surface area (Å²) >= 11 is 0. The summed E-state index contributed by atoms with van der Waals surface area (Å²) in [6.07, 6.45) is 3.13. The zero-order chi connectivity index (χ0) is 12.0. The third-order valence-electron chi connectivity index (χ3n) is 2.48. The lowest BCUT2D eigenvalue weighted by Gasteiger charge is -2.06. The van der Waals surface area contributed by atoms with E-state index in [1.54, 1.807) is 7.11 Å². The normalized spacial score (nSPS) is 11.3. The lowest BCUT2D eigenvalue weighted by molar-refractivity contribution is 0.189. The smallest absolute Gasteiger partial charge is 0.0638 e. The van der Waals surface area contributed by atoms with Crippen molar-refractivity contribution < 1.29 is 4.74 Å². The second-order valence-corrected chi connectivity index (χ2v) is 4.38. The average Bonchev–Trinajstić information content (AvgIpc) is 2.57. The van der Waals surface area contributed by atoms with Gasteiger partial charge in [0.15, 0.2) is 0 Å². The van der Waals surface area contributed by atoms with Crippen molar-refractivity contribution in [3.8, 4) is 0 Å². The summed E-state index contributed by atoms with van der Waals surface area (Å²) in [7, 11) is 1.73. The van der Waals surface area contributed by atoms with E-state index in [2.05, 4.69) is 37.4 Å². The van der Waals surface area contributed by atoms with Crippen LogP contribution in [0.4, 0.5) is 0 Å². The lowest BCUT2D eigenvalue weighted by Crippen LogP contribution is -2.21. The van der Waals surface area contributed by atoms with Gasteiger partial charge >= 0.3 is 0 Å². The van der Waals surface area contributed by atoms with Crippen molar-refractivity contribution in [2.45, 2.75) is 46.3 Å². The molecule has 0 radical (unpaired) electrons. The molecule has 1 rings (SSSR count). The molecule has 1 aromatic rings. The fraction of sp³-hybridized carbons (Fsp3) is 0.750. The number of aryl methyl sites for hydroxylation is 2. The molecule has 4 nitrogen and oxygen atoms in total. The summed E-state index contributed by atoms with van der Waals surface area (Å²) in [5, 5.41) is 7.89. The summed E-state index contributed by atoms with van der Waals surface area (Å²) in [6, 6.07) is 0.510. The number of hydrogen-bond donors (Lipinski definition) is 1. The van der Waals surface area contributed by atoms with Crippen LogP contribution in [-0.2, 0) is 17.8 Å². The van der Waals surface area contributed by atoms with Gasteiger partial charge in [0.1, 0.15) is 0 Å². The molecule has 0 amide bonds. The van der Waals surface area contributed by atoms with Gasteiger partial charge in [-0.15, -0.1) is 0 Å². The van der Waals surface area contributed by atoms with Gasteiger partial charge < -0.3 is 10.1 Å². The van der Waals surface area contributed by atoms with E-state index >= 15 is 0 Å². The number of aromatic nitrogens is 2. The number of methoxy groups -OCH3 is 1. The Bertz CT molecular complexity index is 307. The first-order valence-corrected chi connectivity index (χ1v) is 5.88. The molecule has 0 aliphatic rings. The predicted octanol–water partition coefficient (Wildman–Crippen LogP) is 1.73. The Morgan fingerprint density at radius 3 is 2.88 bits per heavy atom. The molecule has 0 aromatic carbocycles.